The van der Waals surface area contributed by atoms with Gasteiger partial charge in [-0.3, -0.25) is 14.6 Å². The first kappa shape index (κ1) is 14.5. The summed E-state index contributed by atoms with van der Waals surface area (Å²) < 4.78 is 25.5. The van der Waals surface area contributed by atoms with Gasteiger partial charge >= 0.3 is 11.7 Å². The minimum Gasteiger partial charge on any atom is -0.480 e. The van der Waals surface area contributed by atoms with Gasteiger partial charge in [-0.15, -0.1) is 0 Å². The normalized spacial score (nSPS) is 20.7. The van der Waals surface area contributed by atoms with Gasteiger partial charge in [0.2, 0.25) is 0 Å². The molecule has 9 nitrogen and oxygen atoms in total. The topological polar surface area (TPSA) is 140 Å². The van der Waals surface area contributed by atoms with Crippen molar-refractivity contribution >= 4 is 16.0 Å². The van der Waals surface area contributed by atoms with Crippen molar-refractivity contribution in [3.63, 3.8) is 0 Å². The van der Waals surface area contributed by atoms with E-state index in [9.17, 15) is 22.8 Å². The van der Waals surface area contributed by atoms with Crippen LogP contribution in [0.2, 0.25) is 0 Å². The maximum Gasteiger partial charge on any atom is 0.325 e. The number of H-pyrrole nitrogens is 2. The predicted octanol–water partition coefficient (Wildman–Crippen LogP) is -1.31. The van der Waals surface area contributed by atoms with Crippen LogP contribution in [0.1, 0.15) is 19.3 Å². The number of carboxylic acids is 1. The molecule has 3 N–H and O–H groups in total. The molecule has 1 aliphatic heterocycles. The molecule has 0 aromatic carbocycles. The molecule has 1 aromatic heterocycles. The zero-order valence-corrected chi connectivity index (χ0v) is 11.1. The predicted molar refractivity (Wildman–Crippen MR) is 66.9 cm³/mol. The highest BCUT2D eigenvalue weighted by molar-refractivity contribution is 7.89. The molecule has 2 heterocycles. The van der Waals surface area contributed by atoms with Gasteiger partial charge in [0.1, 0.15) is 6.04 Å². The quantitative estimate of drug-likeness (QED) is 0.633. The number of aliphatic carboxylic acids is 1. The third-order valence-corrected chi connectivity index (χ3v) is 5.02. The number of carboxylic acid groups (broad SMARTS) is 1. The maximum absolute atomic E-state index is 12.4. The monoisotopic (exact) mass is 303 g/mol. The highest BCUT2D eigenvalue weighted by Crippen LogP contribution is 2.23. The Kier molecular flexibility index (Phi) is 3.77. The Morgan fingerprint density at radius 1 is 1.35 bits per heavy atom. The summed E-state index contributed by atoms with van der Waals surface area (Å²) in [6.45, 7) is 0.0257. The van der Waals surface area contributed by atoms with Crippen LogP contribution in [0.3, 0.4) is 0 Å². The van der Waals surface area contributed by atoms with Crippen LogP contribution in [0.15, 0.2) is 20.7 Å². The van der Waals surface area contributed by atoms with Gasteiger partial charge in [0, 0.05) is 12.7 Å². The summed E-state index contributed by atoms with van der Waals surface area (Å²) >= 11 is 0. The number of sulfonamides is 1. The van der Waals surface area contributed by atoms with Gasteiger partial charge < -0.3 is 10.1 Å². The molecule has 2 rings (SSSR count). The Bertz CT molecular complexity index is 734. The fraction of sp³-hybridized carbons (Fsp3) is 0.500. The van der Waals surface area contributed by atoms with Crippen LogP contribution in [0.4, 0.5) is 0 Å². The van der Waals surface area contributed by atoms with Gasteiger partial charge in [0.05, 0.1) is 0 Å². The smallest absolute Gasteiger partial charge is 0.325 e. The Hall–Kier alpha value is -1.94. The van der Waals surface area contributed by atoms with Crippen molar-refractivity contribution in [1.82, 2.24) is 14.3 Å². The van der Waals surface area contributed by atoms with E-state index in [4.69, 9.17) is 5.11 Å². The summed E-state index contributed by atoms with van der Waals surface area (Å²) in [6.07, 6.45) is 2.09. The number of hydrogen-bond acceptors (Lipinski definition) is 5. The summed E-state index contributed by atoms with van der Waals surface area (Å²) in [4.78, 5) is 36.8. The molecule has 110 valence electrons. The highest BCUT2D eigenvalue weighted by Gasteiger charge is 2.38. The van der Waals surface area contributed by atoms with Crippen molar-refractivity contribution < 1.29 is 18.3 Å². The minimum absolute atomic E-state index is 0.0257. The average molecular weight is 303 g/mol. The lowest BCUT2D eigenvalue weighted by atomic mass is 10.1. The minimum atomic E-state index is -4.27. The van der Waals surface area contributed by atoms with E-state index < -0.39 is 38.2 Å². The van der Waals surface area contributed by atoms with Crippen LogP contribution in [-0.4, -0.2) is 46.4 Å². The molecule has 1 atom stereocenters. The van der Waals surface area contributed by atoms with Gasteiger partial charge in [0.15, 0.2) is 4.90 Å². The van der Waals surface area contributed by atoms with Crippen LogP contribution in [0.5, 0.6) is 0 Å². The summed E-state index contributed by atoms with van der Waals surface area (Å²) in [7, 11) is -4.27. The van der Waals surface area contributed by atoms with Crippen molar-refractivity contribution in [2.24, 2.45) is 0 Å². The van der Waals surface area contributed by atoms with E-state index in [1.54, 1.807) is 0 Å². The summed E-state index contributed by atoms with van der Waals surface area (Å²) in [6, 6.07) is -1.19. The third kappa shape index (κ3) is 2.51. The fourth-order valence-corrected chi connectivity index (χ4v) is 3.80. The molecule has 1 aliphatic rings. The summed E-state index contributed by atoms with van der Waals surface area (Å²) in [5, 5.41) is 9.08. The summed E-state index contributed by atoms with van der Waals surface area (Å²) in [5.41, 5.74) is -1.90. The van der Waals surface area contributed by atoms with E-state index in [0.29, 0.717) is 12.8 Å². The van der Waals surface area contributed by atoms with E-state index in [-0.39, 0.29) is 13.0 Å². The molecule has 0 bridgehead atoms. The van der Waals surface area contributed by atoms with E-state index in [1.807, 2.05) is 4.98 Å². The van der Waals surface area contributed by atoms with E-state index in [0.717, 1.165) is 10.5 Å². The molecule has 1 fully saturated rings. The standard InChI is InChI=1S/C10H13N3O6S/c14-8-7(5-11-10(17)12-8)20(18,19)13-4-2-1-3-6(13)9(15)16/h5-6H,1-4H2,(H,15,16)(H2,11,12,14,17). The molecule has 1 saturated heterocycles. The number of aromatic amines is 2. The first-order chi connectivity index (χ1) is 9.34. The van der Waals surface area contributed by atoms with Gasteiger partial charge in [0.25, 0.3) is 15.6 Å². The first-order valence-corrected chi connectivity index (χ1v) is 7.34. The second-order valence-electron chi connectivity index (χ2n) is 4.40. The van der Waals surface area contributed by atoms with Gasteiger partial charge in [-0.1, -0.05) is 0 Å². The summed E-state index contributed by atoms with van der Waals surface area (Å²) in [5.74, 6) is -1.26. The van der Waals surface area contributed by atoms with Crippen LogP contribution >= 0.6 is 0 Å². The molecule has 1 aromatic rings. The molecule has 0 amide bonds. The Labute approximate surface area is 113 Å². The van der Waals surface area contributed by atoms with Gasteiger partial charge in [-0.2, -0.15) is 4.31 Å². The molecular weight excluding hydrogens is 290 g/mol. The molecular formula is C10H13N3O6S. The first-order valence-electron chi connectivity index (χ1n) is 5.90. The number of carbonyl (C=O) groups is 1. The van der Waals surface area contributed by atoms with Crippen LogP contribution in [0, 0.1) is 0 Å². The van der Waals surface area contributed by atoms with E-state index in [1.165, 1.54) is 0 Å². The maximum atomic E-state index is 12.4. The molecule has 0 aliphatic carbocycles. The van der Waals surface area contributed by atoms with Gasteiger partial charge in [-0.05, 0) is 19.3 Å². The lowest BCUT2D eigenvalue weighted by Crippen LogP contribution is -2.49. The van der Waals surface area contributed by atoms with Crippen LogP contribution in [-0.2, 0) is 14.8 Å². The number of hydrogen-bond donors (Lipinski definition) is 3. The number of nitrogens with zero attached hydrogens (tertiary/aromatic N) is 1. The number of aromatic nitrogens is 2. The molecule has 0 radical (unpaired) electrons. The Balaban J connectivity index is 2.50. The molecule has 10 heteroatoms. The number of rotatable bonds is 3. The molecule has 20 heavy (non-hydrogen) atoms. The Morgan fingerprint density at radius 3 is 2.65 bits per heavy atom. The number of nitrogens with one attached hydrogen (secondary N) is 2. The van der Waals surface area contributed by atoms with E-state index >= 15 is 0 Å². The SMILES string of the molecule is O=C(O)C1CCCCN1S(=O)(=O)c1c[nH]c(=O)[nH]c1=O. The fourth-order valence-electron chi connectivity index (χ4n) is 2.15. The van der Waals surface area contributed by atoms with Crippen molar-refractivity contribution in [3.05, 3.63) is 27.0 Å². The Morgan fingerprint density at radius 2 is 2.05 bits per heavy atom. The van der Waals surface area contributed by atoms with Crippen LogP contribution < -0.4 is 11.2 Å². The zero-order valence-electron chi connectivity index (χ0n) is 10.3. The molecule has 0 saturated carbocycles. The van der Waals surface area contributed by atoms with E-state index in [2.05, 4.69) is 4.98 Å². The number of piperidine rings is 1. The molecule has 0 spiro atoms. The lowest BCUT2D eigenvalue weighted by molar-refractivity contribution is -0.142. The average Bonchev–Trinajstić information content (AvgIpc) is 2.38. The van der Waals surface area contributed by atoms with Crippen molar-refractivity contribution in [2.75, 3.05) is 6.54 Å². The van der Waals surface area contributed by atoms with Crippen LogP contribution in [0.25, 0.3) is 0 Å². The largest absolute Gasteiger partial charge is 0.480 e. The zero-order chi connectivity index (χ0) is 14.9. The van der Waals surface area contributed by atoms with Crippen molar-refractivity contribution in [2.45, 2.75) is 30.2 Å². The third-order valence-electron chi connectivity index (χ3n) is 3.11. The second-order valence-corrected chi connectivity index (χ2v) is 6.26. The second kappa shape index (κ2) is 5.21. The highest BCUT2D eigenvalue weighted by atomic mass is 32.2. The molecule has 1 unspecified atom stereocenters. The lowest BCUT2D eigenvalue weighted by Gasteiger charge is -2.31. The van der Waals surface area contributed by atoms with Crippen molar-refractivity contribution in [3.8, 4) is 0 Å². The van der Waals surface area contributed by atoms with Crippen molar-refractivity contribution in [1.29, 1.82) is 0 Å². The van der Waals surface area contributed by atoms with Gasteiger partial charge in [-0.25, -0.2) is 13.2 Å².